The van der Waals surface area contributed by atoms with Gasteiger partial charge in [0.1, 0.15) is 5.56 Å². The molecule has 1 fully saturated rings. The maximum atomic E-state index is 12.8. The molecule has 0 aliphatic heterocycles. The van der Waals surface area contributed by atoms with Gasteiger partial charge in [-0.15, -0.1) is 0 Å². The predicted molar refractivity (Wildman–Crippen MR) is 103 cm³/mol. The van der Waals surface area contributed by atoms with Crippen molar-refractivity contribution in [1.82, 2.24) is 9.88 Å². The van der Waals surface area contributed by atoms with Crippen molar-refractivity contribution >= 4 is 5.91 Å². The van der Waals surface area contributed by atoms with Crippen molar-refractivity contribution < 1.29 is 4.79 Å². The number of aromatic nitrogens is 1. The van der Waals surface area contributed by atoms with Crippen LogP contribution in [0.15, 0.2) is 41.2 Å². The Hall–Kier alpha value is -2.36. The van der Waals surface area contributed by atoms with Gasteiger partial charge in [0.15, 0.2) is 0 Å². The molecule has 4 nitrogen and oxygen atoms in total. The molecule has 0 spiro atoms. The summed E-state index contributed by atoms with van der Waals surface area (Å²) in [7, 11) is 1.81. The number of pyridine rings is 1. The number of rotatable bonds is 3. The highest BCUT2D eigenvalue weighted by molar-refractivity contribution is 5.94. The first kappa shape index (κ1) is 17.1. The van der Waals surface area contributed by atoms with Gasteiger partial charge in [-0.2, -0.15) is 0 Å². The molecule has 4 heteroatoms. The quantitative estimate of drug-likeness (QED) is 0.923. The zero-order valence-electron chi connectivity index (χ0n) is 15.3. The highest BCUT2D eigenvalue weighted by atomic mass is 16.2. The molecular weight excluding hydrogens is 324 g/mol. The van der Waals surface area contributed by atoms with E-state index in [0.717, 1.165) is 37.8 Å². The summed E-state index contributed by atoms with van der Waals surface area (Å²) in [6.45, 7) is 0. The van der Waals surface area contributed by atoms with Crippen LogP contribution < -0.4 is 10.9 Å². The number of nitrogens with zero attached hydrogens (tertiary/aromatic N) is 1. The average Bonchev–Trinajstić information content (AvgIpc) is 3.39. The SMILES string of the molecule is Cn1c2c(cc(C(=O)N[C@H]3C[C@@H]3c3ccccc3)c1=O)CCCCCC2. The van der Waals surface area contributed by atoms with Crippen LogP contribution >= 0.6 is 0 Å². The Morgan fingerprint density at radius 2 is 1.81 bits per heavy atom. The van der Waals surface area contributed by atoms with Crippen molar-refractivity contribution in [1.29, 1.82) is 0 Å². The average molecular weight is 350 g/mol. The first-order valence-corrected chi connectivity index (χ1v) is 9.72. The number of hydrogen-bond donors (Lipinski definition) is 1. The van der Waals surface area contributed by atoms with E-state index in [1.54, 1.807) is 4.57 Å². The number of hydrogen-bond acceptors (Lipinski definition) is 2. The van der Waals surface area contributed by atoms with Crippen LogP contribution in [0.2, 0.25) is 0 Å². The molecular formula is C22H26N2O2. The van der Waals surface area contributed by atoms with Crippen LogP contribution in [-0.4, -0.2) is 16.5 Å². The number of fused-ring (bicyclic) bond motifs is 1. The third-order valence-corrected chi connectivity index (χ3v) is 5.82. The van der Waals surface area contributed by atoms with Crippen LogP contribution in [0.5, 0.6) is 0 Å². The summed E-state index contributed by atoms with van der Waals surface area (Å²) in [5.41, 5.74) is 3.67. The lowest BCUT2D eigenvalue weighted by Gasteiger charge is -2.18. The predicted octanol–water partition coefficient (Wildman–Crippen LogP) is 3.33. The van der Waals surface area contributed by atoms with Crippen LogP contribution in [0.4, 0.5) is 0 Å². The van der Waals surface area contributed by atoms with Crippen molar-refractivity contribution in [3.63, 3.8) is 0 Å². The summed E-state index contributed by atoms with van der Waals surface area (Å²) in [4.78, 5) is 25.5. The smallest absolute Gasteiger partial charge is 0.263 e. The van der Waals surface area contributed by atoms with Crippen LogP contribution in [0.1, 0.15) is 65.2 Å². The van der Waals surface area contributed by atoms with E-state index in [1.807, 2.05) is 31.3 Å². The summed E-state index contributed by atoms with van der Waals surface area (Å²) in [6.07, 6.45) is 7.53. The fourth-order valence-corrected chi connectivity index (χ4v) is 4.18. The van der Waals surface area contributed by atoms with E-state index in [-0.39, 0.29) is 17.5 Å². The third kappa shape index (κ3) is 3.33. The molecule has 1 aromatic carbocycles. The highest BCUT2D eigenvalue weighted by Gasteiger charge is 2.39. The fourth-order valence-electron chi connectivity index (χ4n) is 4.18. The summed E-state index contributed by atoms with van der Waals surface area (Å²) >= 11 is 0. The summed E-state index contributed by atoms with van der Waals surface area (Å²) in [6, 6.07) is 12.2. The molecule has 0 radical (unpaired) electrons. The second-order valence-electron chi connectivity index (χ2n) is 7.64. The molecule has 1 heterocycles. The van der Waals surface area contributed by atoms with Crippen molar-refractivity contribution in [2.45, 2.75) is 56.9 Å². The first-order chi connectivity index (χ1) is 12.6. The van der Waals surface area contributed by atoms with Gasteiger partial charge in [-0.3, -0.25) is 9.59 Å². The molecule has 0 unspecified atom stereocenters. The van der Waals surface area contributed by atoms with E-state index >= 15 is 0 Å². The van der Waals surface area contributed by atoms with Gasteiger partial charge in [0, 0.05) is 24.7 Å². The molecule has 1 N–H and O–H groups in total. The van der Waals surface area contributed by atoms with Crippen molar-refractivity contribution in [3.05, 3.63) is 69.1 Å². The number of amides is 1. The second kappa shape index (κ2) is 7.10. The zero-order chi connectivity index (χ0) is 18.1. The van der Waals surface area contributed by atoms with Gasteiger partial charge in [0.05, 0.1) is 0 Å². The number of aryl methyl sites for hydroxylation is 1. The summed E-state index contributed by atoms with van der Waals surface area (Å²) in [5, 5.41) is 3.07. The van der Waals surface area contributed by atoms with Crippen LogP contribution in [0, 0.1) is 0 Å². The van der Waals surface area contributed by atoms with E-state index in [9.17, 15) is 9.59 Å². The Morgan fingerprint density at radius 3 is 2.58 bits per heavy atom. The second-order valence-corrected chi connectivity index (χ2v) is 7.64. The first-order valence-electron chi connectivity index (χ1n) is 9.72. The summed E-state index contributed by atoms with van der Waals surface area (Å²) < 4.78 is 1.71. The fraction of sp³-hybridized carbons (Fsp3) is 0.455. The Labute approximate surface area is 154 Å². The molecule has 136 valence electrons. The monoisotopic (exact) mass is 350 g/mol. The minimum absolute atomic E-state index is 0.136. The minimum atomic E-state index is -0.223. The third-order valence-electron chi connectivity index (χ3n) is 5.82. The molecule has 4 rings (SSSR count). The van der Waals surface area contributed by atoms with Crippen molar-refractivity contribution in [2.75, 3.05) is 0 Å². The molecule has 1 amide bonds. The Bertz CT molecular complexity index is 870. The number of nitrogens with one attached hydrogen (secondary N) is 1. The van der Waals surface area contributed by atoms with Crippen LogP contribution in [0.25, 0.3) is 0 Å². The zero-order valence-corrected chi connectivity index (χ0v) is 15.3. The number of carbonyl (C=O) groups excluding carboxylic acids is 1. The number of benzene rings is 1. The molecule has 2 atom stereocenters. The molecule has 0 saturated heterocycles. The van der Waals surface area contributed by atoms with Gasteiger partial charge in [-0.25, -0.2) is 0 Å². The van der Waals surface area contributed by atoms with E-state index in [4.69, 9.17) is 0 Å². The Balaban J connectivity index is 1.54. The lowest BCUT2D eigenvalue weighted by molar-refractivity contribution is 0.0948. The lowest BCUT2D eigenvalue weighted by Crippen LogP contribution is -2.35. The normalized spacial score (nSPS) is 22.0. The van der Waals surface area contributed by atoms with Crippen molar-refractivity contribution in [3.8, 4) is 0 Å². The summed E-state index contributed by atoms with van der Waals surface area (Å²) in [5.74, 6) is 0.146. The maximum Gasteiger partial charge on any atom is 0.263 e. The maximum absolute atomic E-state index is 12.8. The van der Waals surface area contributed by atoms with Gasteiger partial charge >= 0.3 is 0 Å². The van der Waals surface area contributed by atoms with E-state index < -0.39 is 0 Å². The minimum Gasteiger partial charge on any atom is -0.348 e. The lowest BCUT2D eigenvalue weighted by atomic mass is 9.95. The van der Waals surface area contributed by atoms with E-state index in [1.165, 1.54) is 24.0 Å². The topological polar surface area (TPSA) is 51.1 Å². The van der Waals surface area contributed by atoms with Gasteiger partial charge in [-0.05, 0) is 49.3 Å². The molecule has 2 aromatic rings. The highest BCUT2D eigenvalue weighted by Crippen LogP contribution is 2.40. The molecule has 2 aliphatic rings. The molecule has 26 heavy (non-hydrogen) atoms. The van der Waals surface area contributed by atoms with Gasteiger partial charge in [-0.1, -0.05) is 43.2 Å². The Morgan fingerprint density at radius 1 is 1.08 bits per heavy atom. The molecule has 0 bridgehead atoms. The molecule has 2 aliphatic carbocycles. The van der Waals surface area contributed by atoms with Crippen molar-refractivity contribution in [2.24, 2.45) is 7.05 Å². The van der Waals surface area contributed by atoms with Crippen LogP contribution in [-0.2, 0) is 19.9 Å². The van der Waals surface area contributed by atoms with E-state index in [0.29, 0.717) is 11.5 Å². The largest absolute Gasteiger partial charge is 0.348 e. The molecule has 1 aromatic heterocycles. The Kier molecular flexibility index (Phi) is 4.66. The van der Waals surface area contributed by atoms with E-state index in [2.05, 4.69) is 17.4 Å². The number of carbonyl (C=O) groups is 1. The standard InChI is InChI=1S/C22H26N2O2/c1-24-20-12-8-3-2-5-11-16(20)13-18(22(24)26)21(25)23-19-14-17(19)15-9-6-4-7-10-15/h4,6-7,9-10,13,17,19H,2-3,5,8,11-12,14H2,1H3,(H,23,25)/t17-,19+/m1/s1. The van der Waals surface area contributed by atoms with Gasteiger partial charge in [0.25, 0.3) is 11.5 Å². The van der Waals surface area contributed by atoms with Gasteiger partial charge in [0.2, 0.25) is 0 Å². The van der Waals surface area contributed by atoms with Crippen LogP contribution in [0.3, 0.4) is 0 Å². The van der Waals surface area contributed by atoms with Gasteiger partial charge < -0.3 is 9.88 Å². The molecule has 1 saturated carbocycles.